The molecule has 0 aliphatic heterocycles. The van der Waals surface area contributed by atoms with E-state index in [4.69, 9.17) is 14.6 Å². The molecule has 0 spiro atoms. The number of amides is 2. The fourth-order valence-electron chi connectivity index (χ4n) is 4.30. The average molecular weight is 386 g/mol. The number of nitriles is 1. The minimum absolute atomic E-state index is 0.178. The first-order chi connectivity index (χ1) is 13.5. The lowest BCUT2D eigenvalue weighted by Crippen LogP contribution is -2.39. The summed E-state index contributed by atoms with van der Waals surface area (Å²) in [5, 5.41) is 20.6. The van der Waals surface area contributed by atoms with Gasteiger partial charge in [0.05, 0.1) is 24.7 Å². The molecule has 0 atom stereocenters. The summed E-state index contributed by atoms with van der Waals surface area (Å²) in [6.45, 7) is 0. The average Bonchev–Trinajstić information content (AvgIpc) is 3.20. The molecule has 2 fully saturated rings. The molecule has 2 N–H and O–H groups in total. The van der Waals surface area contributed by atoms with Crippen LogP contribution < -0.4 is 14.8 Å². The molecular weight excluding hydrogens is 360 g/mol. The Hall–Kier alpha value is -2.75. The van der Waals surface area contributed by atoms with Gasteiger partial charge in [-0.2, -0.15) is 5.26 Å². The zero-order valence-electron chi connectivity index (χ0n) is 16.1. The summed E-state index contributed by atoms with van der Waals surface area (Å²) in [5.74, 6) is 0.439. The second kappa shape index (κ2) is 8.51. The molecule has 2 amide bonds. The number of hydrogen-bond acceptors (Lipinski definition) is 5. The number of hydrogen-bond donors (Lipinski definition) is 2. The third kappa shape index (κ3) is 4.22. The zero-order valence-corrected chi connectivity index (χ0v) is 16.1. The largest absolute Gasteiger partial charge is 0.493 e. The number of methoxy groups -OCH3 is 1. The van der Waals surface area contributed by atoms with Gasteiger partial charge in [-0.3, -0.25) is 10.1 Å². The van der Waals surface area contributed by atoms with E-state index in [1.807, 2.05) is 23.5 Å². The Morgan fingerprint density at radius 2 is 1.86 bits per heavy atom. The van der Waals surface area contributed by atoms with Crippen LogP contribution >= 0.6 is 0 Å². The summed E-state index contributed by atoms with van der Waals surface area (Å²) >= 11 is 0. The number of rotatable bonds is 5. The van der Waals surface area contributed by atoms with E-state index in [0.29, 0.717) is 37.2 Å². The van der Waals surface area contributed by atoms with Crippen LogP contribution in [0.25, 0.3) is 0 Å². The highest BCUT2D eigenvalue weighted by atomic mass is 16.5. The Labute approximate surface area is 164 Å². The Morgan fingerprint density at radius 3 is 2.43 bits per heavy atom. The quantitative estimate of drug-likeness (QED) is 0.797. The molecule has 7 nitrogen and oxygen atoms in total. The van der Waals surface area contributed by atoms with E-state index in [2.05, 4.69) is 6.07 Å². The molecule has 0 heterocycles. The number of nitrogens with zero attached hydrogens (tertiary/aromatic N) is 1. The van der Waals surface area contributed by atoms with Crippen LogP contribution in [0.15, 0.2) is 18.2 Å². The molecule has 1 aromatic carbocycles. The van der Waals surface area contributed by atoms with Crippen molar-refractivity contribution in [3.8, 4) is 17.6 Å². The molecule has 0 radical (unpaired) electrons. The topological polar surface area (TPSA) is 109 Å². The molecule has 0 saturated heterocycles. The molecule has 1 aromatic rings. The van der Waals surface area contributed by atoms with Crippen LogP contribution in [0.2, 0.25) is 0 Å². The lowest BCUT2D eigenvalue weighted by molar-refractivity contribution is -0.125. The first kappa shape index (κ1) is 20.0. The third-order valence-electron chi connectivity index (χ3n) is 5.97. The second-order valence-electron chi connectivity index (χ2n) is 7.65. The van der Waals surface area contributed by atoms with Gasteiger partial charge in [0.1, 0.15) is 0 Å². The summed E-state index contributed by atoms with van der Waals surface area (Å²) in [6.07, 6.45) is 5.14. The molecule has 0 aromatic heterocycles. The van der Waals surface area contributed by atoms with Crippen LogP contribution in [0.1, 0.15) is 56.9 Å². The van der Waals surface area contributed by atoms with E-state index >= 15 is 0 Å². The molecule has 0 bridgehead atoms. The standard InChI is InChI=1S/C21H26N2O5/c1-27-17-7-6-15(12-18(17)28-16-4-2-3-5-16)21(13-22)10-8-14(9-11-21)19(24)23-20(25)26/h6-7,12,14,16H,2-5,8-11H2,1H3,(H,23,24)(H,25,26). The SMILES string of the molecule is COc1ccc(C2(C#N)CCC(C(=O)NC(=O)O)CC2)cc1OC1CCCC1. The van der Waals surface area contributed by atoms with E-state index in [-0.39, 0.29) is 12.0 Å². The maximum absolute atomic E-state index is 12.0. The predicted molar refractivity (Wildman–Crippen MR) is 101 cm³/mol. The van der Waals surface area contributed by atoms with E-state index in [1.54, 1.807) is 7.11 Å². The maximum Gasteiger partial charge on any atom is 0.411 e. The summed E-state index contributed by atoms with van der Waals surface area (Å²) in [6, 6.07) is 8.07. The predicted octanol–water partition coefficient (Wildman–Crippen LogP) is 3.76. The van der Waals surface area contributed by atoms with Crippen molar-refractivity contribution in [2.45, 2.75) is 62.9 Å². The van der Waals surface area contributed by atoms with Crippen molar-refractivity contribution < 1.29 is 24.2 Å². The van der Waals surface area contributed by atoms with Crippen molar-refractivity contribution in [3.63, 3.8) is 0 Å². The Bertz CT molecular complexity index is 771. The van der Waals surface area contributed by atoms with Crippen LogP contribution in [0.5, 0.6) is 11.5 Å². The van der Waals surface area contributed by atoms with Crippen molar-refractivity contribution in [2.75, 3.05) is 7.11 Å². The number of nitrogens with one attached hydrogen (secondary N) is 1. The summed E-state index contributed by atoms with van der Waals surface area (Å²) in [5.41, 5.74) is 0.154. The number of ether oxygens (including phenoxy) is 2. The zero-order chi connectivity index (χ0) is 20.1. The first-order valence-electron chi connectivity index (χ1n) is 9.77. The van der Waals surface area contributed by atoms with Gasteiger partial charge in [-0.25, -0.2) is 4.79 Å². The summed E-state index contributed by atoms with van der Waals surface area (Å²) in [4.78, 5) is 22.7. The molecule has 2 aliphatic rings. The second-order valence-corrected chi connectivity index (χ2v) is 7.65. The van der Waals surface area contributed by atoms with Crippen molar-refractivity contribution in [1.29, 1.82) is 5.26 Å². The van der Waals surface area contributed by atoms with Crippen molar-refractivity contribution in [3.05, 3.63) is 23.8 Å². The molecule has 150 valence electrons. The van der Waals surface area contributed by atoms with Gasteiger partial charge >= 0.3 is 6.09 Å². The van der Waals surface area contributed by atoms with Gasteiger partial charge in [0, 0.05) is 5.92 Å². The van der Waals surface area contributed by atoms with Crippen LogP contribution in [0.3, 0.4) is 0 Å². The first-order valence-corrected chi connectivity index (χ1v) is 9.77. The molecule has 2 aliphatic carbocycles. The molecule has 0 unspecified atom stereocenters. The van der Waals surface area contributed by atoms with Crippen LogP contribution in [0, 0.1) is 17.2 Å². The smallest absolute Gasteiger partial charge is 0.411 e. The van der Waals surface area contributed by atoms with Gasteiger partial charge in [-0.05, 0) is 69.1 Å². The molecule has 7 heteroatoms. The van der Waals surface area contributed by atoms with E-state index < -0.39 is 17.4 Å². The minimum Gasteiger partial charge on any atom is -0.493 e. The number of carboxylic acid groups (broad SMARTS) is 1. The lowest BCUT2D eigenvalue weighted by Gasteiger charge is -2.35. The summed E-state index contributed by atoms with van der Waals surface area (Å²) < 4.78 is 11.6. The minimum atomic E-state index is -1.34. The number of carbonyl (C=O) groups excluding carboxylic acids is 1. The van der Waals surface area contributed by atoms with Crippen LogP contribution in [-0.4, -0.2) is 30.3 Å². The van der Waals surface area contributed by atoms with Gasteiger partial charge in [0.15, 0.2) is 11.5 Å². The molecule has 2 saturated carbocycles. The fraction of sp³-hybridized carbons (Fsp3) is 0.571. The number of imide groups is 1. The van der Waals surface area contributed by atoms with E-state index in [9.17, 15) is 14.9 Å². The Balaban J connectivity index is 1.78. The van der Waals surface area contributed by atoms with Gasteiger partial charge in [-0.1, -0.05) is 6.07 Å². The molecule has 28 heavy (non-hydrogen) atoms. The van der Waals surface area contributed by atoms with Crippen molar-refractivity contribution in [2.24, 2.45) is 5.92 Å². The van der Waals surface area contributed by atoms with Crippen LogP contribution in [-0.2, 0) is 10.2 Å². The lowest BCUT2D eigenvalue weighted by atomic mass is 9.67. The highest BCUT2D eigenvalue weighted by Gasteiger charge is 2.40. The van der Waals surface area contributed by atoms with E-state index in [1.165, 1.54) is 0 Å². The van der Waals surface area contributed by atoms with Crippen molar-refractivity contribution in [1.82, 2.24) is 5.32 Å². The number of benzene rings is 1. The van der Waals surface area contributed by atoms with Crippen molar-refractivity contribution >= 4 is 12.0 Å². The normalized spacial score (nSPS) is 24.9. The Morgan fingerprint density at radius 1 is 1.18 bits per heavy atom. The maximum atomic E-state index is 12.0. The van der Waals surface area contributed by atoms with Gasteiger partial charge in [0.2, 0.25) is 5.91 Å². The van der Waals surface area contributed by atoms with E-state index in [0.717, 1.165) is 31.2 Å². The fourth-order valence-corrected chi connectivity index (χ4v) is 4.30. The summed E-state index contributed by atoms with van der Waals surface area (Å²) in [7, 11) is 1.60. The number of carbonyl (C=O) groups is 2. The Kier molecular flexibility index (Phi) is 6.08. The molecular formula is C21H26N2O5. The van der Waals surface area contributed by atoms with Gasteiger partial charge in [0.25, 0.3) is 0 Å². The highest BCUT2D eigenvalue weighted by molar-refractivity contribution is 5.92. The van der Waals surface area contributed by atoms with Crippen LogP contribution in [0.4, 0.5) is 4.79 Å². The highest BCUT2D eigenvalue weighted by Crippen LogP contribution is 2.44. The van der Waals surface area contributed by atoms with Gasteiger partial charge in [-0.15, -0.1) is 0 Å². The molecule has 3 rings (SSSR count). The monoisotopic (exact) mass is 386 g/mol. The third-order valence-corrected chi connectivity index (χ3v) is 5.97. The van der Waals surface area contributed by atoms with Gasteiger partial charge < -0.3 is 14.6 Å².